The van der Waals surface area contributed by atoms with Crippen molar-refractivity contribution in [3.63, 3.8) is 0 Å². The molecule has 2 heterocycles. The van der Waals surface area contributed by atoms with Crippen molar-refractivity contribution in [2.45, 2.75) is 84.5 Å². The molecule has 1 aliphatic carbocycles. The topological polar surface area (TPSA) is 72.0 Å². The molecule has 2 aromatic heterocycles. The van der Waals surface area contributed by atoms with Crippen LogP contribution in [-0.4, -0.2) is 58.1 Å². The molecule has 45 heavy (non-hydrogen) atoms. The monoisotopic (exact) mass is 647 g/mol. The fraction of sp³-hybridized carbons (Fsp3) is 0.417. The lowest BCUT2D eigenvalue weighted by atomic mass is 9.89. The molecule has 2 amide bonds. The summed E-state index contributed by atoms with van der Waals surface area (Å²) in [7, 11) is 1.80. The average molecular weight is 648 g/mol. The van der Waals surface area contributed by atoms with Crippen LogP contribution >= 0.6 is 22.9 Å². The maximum atomic E-state index is 14.5. The number of amides is 2. The average Bonchev–Trinajstić information content (AvgIpc) is 3.36. The summed E-state index contributed by atoms with van der Waals surface area (Å²) in [5.41, 5.74) is 3.33. The van der Waals surface area contributed by atoms with Gasteiger partial charge in [-0.1, -0.05) is 41.9 Å². The molecule has 1 saturated carbocycles. The number of hydrogen-bond donors (Lipinski definition) is 0. The molecule has 0 unspecified atom stereocenters. The van der Waals surface area contributed by atoms with Gasteiger partial charge in [-0.05, 0) is 90.1 Å². The van der Waals surface area contributed by atoms with Gasteiger partial charge in [0.1, 0.15) is 16.2 Å². The van der Waals surface area contributed by atoms with Crippen LogP contribution in [0.2, 0.25) is 5.02 Å². The number of nitrogens with zero attached hydrogens (tertiary/aromatic N) is 3. The Morgan fingerprint density at radius 1 is 1.00 bits per heavy atom. The Balaban J connectivity index is 1.47. The third-order valence-corrected chi connectivity index (χ3v) is 9.94. The molecule has 9 heteroatoms. The Bertz CT molecular complexity index is 1660. The summed E-state index contributed by atoms with van der Waals surface area (Å²) in [6.45, 7) is 10.4. The number of ether oxygens (including phenoxy) is 2. The first-order valence-corrected chi connectivity index (χ1v) is 16.8. The maximum absolute atomic E-state index is 14.5. The number of halogens is 1. The number of carbonyl (C=O) groups excluding carboxylic acids is 2. The number of pyridine rings is 1. The first-order chi connectivity index (χ1) is 21.4. The molecule has 1 aliphatic rings. The SMILES string of the molecule is CCOc1ccc(-c2ccc(C)nc2)cc1CN(C(=O)c1sc2ccccc2c1Cl)[C@H]1CC[C@H](N(C)C(=O)OC(C)(C)C)CC1. The van der Waals surface area contributed by atoms with Gasteiger partial charge in [-0.25, -0.2) is 4.79 Å². The van der Waals surface area contributed by atoms with E-state index in [4.69, 9.17) is 21.1 Å². The normalized spacial score (nSPS) is 16.8. The van der Waals surface area contributed by atoms with E-state index in [9.17, 15) is 9.59 Å². The third kappa shape index (κ3) is 7.61. The van der Waals surface area contributed by atoms with E-state index in [0.717, 1.165) is 63.9 Å². The van der Waals surface area contributed by atoms with Crippen molar-refractivity contribution >= 4 is 45.0 Å². The predicted octanol–water partition coefficient (Wildman–Crippen LogP) is 9.14. The number of benzene rings is 2. The smallest absolute Gasteiger partial charge is 0.410 e. The van der Waals surface area contributed by atoms with E-state index >= 15 is 0 Å². The summed E-state index contributed by atoms with van der Waals surface area (Å²) in [6, 6.07) is 18.0. The zero-order valence-corrected chi connectivity index (χ0v) is 28.5. The van der Waals surface area contributed by atoms with Crippen molar-refractivity contribution in [1.82, 2.24) is 14.8 Å². The molecular formula is C36H42ClN3O4S. The number of rotatable bonds is 8. The van der Waals surface area contributed by atoms with Crippen LogP contribution in [0, 0.1) is 6.92 Å². The minimum atomic E-state index is -0.559. The highest BCUT2D eigenvalue weighted by Crippen LogP contribution is 2.39. The first-order valence-electron chi connectivity index (χ1n) is 15.6. The maximum Gasteiger partial charge on any atom is 0.410 e. The lowest BCUT2D eigenvalue weighted by Gasteiger charge is -2.40. The van der Waals surface area contributed by atoms with Crippen LogP contribution in [0.3, 0.4) is 0 Å². The van der Waals surface area contributed by atoms with E-state index in [0.29, 0.717) is 23.1 Å². The van der Waals surface area contributed by atoms with Crippen molar-refractivity contribution in [2.24, 2.45) is 0 Å². The molecule has 5 rings (SSSR count). The summed E-state index contributed by atoms with van der Waals surface area (Å²) in [5, 5.41) is 1.38. The predicted molar refractivity (Wildman–Crippen MR) is 182 cm³/mol. The van der Waals surface area contributed by atoms with E-state index in [1.54, 1.807) is 11.9 Å². The number of carbonyl (C=O) groups is 2. The Morgan fingerprint density at radius 2 is 1.69 bits per heavy atom. The lowest BCUT2D eigenvalue weighted by molar-refractivity contribution is 0.0144. The van der Waals surface area contributed by atoms with Crippen LogP contribution in [-0.2, 0) is 11.3 Å². The van der Waals surface area contributed by atoms with Crippen molar-refractivity contribution < 1.29 is 19.1 Å². The largest absolute Gasteiger partial charge is 0.494 e. The second-order valence-electron chi connectivity index (χ2n) is 12.7. The minimum Gasteiger partial charge on any atom is -0.494 e. The lowest BCUT2D eigenvalue weighted by Crippen LogP contribution is -2.47. The first kappa shape index (κ1) is 32.8. The molecule has 0 bridgehead atoms. The number of aryl methyl sites for hydroxylation is 1. The zero-order chi connectivity index (χ0) is 32.3. The number of hydrogen-bond acceptors (Lipinski definition) is 6. The Hall–Kier alpha value is -3.62. The Labute approximate surface area is 275 Å². The molecule has 0 spiro atoms. The van der Waals surface area contributed by atoms with E-state index in [1.807, 2.05) is 88.2 Å². The zero-order valence-electron chi connectivity index (χ0n) is 26.9. The molecule has 7 nitrogen and oxygen atoms in total. The molecule has 2 aromatic carbocycles. The van der Waals surface area contributed by atoms with Crippen LogP contribution in [0.5, 0.6) is 5.75 Å². The third-order valence-electron chi connectivity index (χ3n) is 8.27. The van der Waals surface area contributed by atoms with E-state index in [-0.39, 0.29) is 24.1 Å². The summed E-state index contributed by atoms with van der Waals surface area (Å²) < 4.78 is 12.7. The minimum absolute atomic E-state index is 0.0392. The van der Waals surface area contributed by atoms with Gasteiger partial charge in [0, 0.05) is 58.8 Å². The Kier molecular flexibility index (Phi) is 10.0. The van der Waals surface area contributed by atoms with Gasteiger partial charge in [0.2, 0.25) is 0 Å². The fourth-order valence-electron chi connectivity index (χ4n) is 5.89. The van der Waals surface area contributed by atoms with Crippen molar-refractivity contribution in [3.05, 3.63) is 82.0 Å². The van der Waals surface area contributed by atoms with Crippen LogP contribution in [0.1, 0.15) is 74.3 Å². The van der Waals surface area contributed by atoms with Crippen LogP contribution in [0.15, 0.2) is 60.8 Å². The van der Waals surface area contributed by atoms with Crippen LogP contribution < -0.4 is 4.74 Å². The summed E-state index contributed by atoms with van der Waals surface area (Å²) in [4.78, 5) is 36.0. The molecule has 0 N–H and O–H groups in total. The highest BCUT2D eigenvalue weighted by Gasteiger charge is 2.35. The number of thiophene rings is 1. The van der Waals surface area contributed by atoms with E-state index in [2.05, 4.69) is 17.1 Å². The van der Waals surface area contributed by atoms with Gasteiger partial charge < -0.3 is 19.3 Å². The van der Waals surface area contributed by atoms with E-state index in [1.165, 1.54) is 11.3 Å². The van der Waals surface area contributed by atoms with Crippen LogP contribution in [0.4, 0.5) is 4.79 Å². The van der Waals surface area contributed by atoms with Crippen LogP contribution in [0.25, 0.3) is 21.2 Å². The molecule has 0 atom stereocenters. The summed E-state index contributed by atoms with van der Waals surface area (Å²) in [6.07, 6.45) is 4.57. The fourth-order valence-corrected chi connectivity index (χ4v) is 7.36. The second-order valence-corrected chi connectivity index (χ2v) is 14.1. The molecule has 4 aromatic rings. The number of aromatic nitrogens is 1. The summed E-state index contributed by atoms with van der Waals surface area (Å²) in [5.74, 6) is 0.662. The van der Waals surface area contributed by atoms with Gasteiger partial charge in [0.15, 0.2) is 0 Å². The second kappa shape index (κ2) is 13.8. The van der Waals surface area contributed by atoms with Crippen molar-refractivity contribution in [2.75, 3.05) is 13.7 Å². The highest BCUT2D eigenvalue weighted by atomic mass is 35.5. The van der Waals surface area contributed by atoms with Gasteiger partial charge >= 0.3 is 6.09 Å². The van der Waals surface area contributed by atoms with Gasteiger partial charge in [0.25, 0.3) is 5.91 Å². The standard InChI is InChI=1S/C36H42ClN3O4S/c1-7-43-30-19-14-24(25-13-12-23(2)38-21-25)20-26(30)22-40(34(41)33-32(37)29-10-8-9-11-31(29)45-33)28-17-15-27(16-18-28)39(6)35(42)44-36(3,4)5/h8-14,19-21,27-28H,7,15-18,22H2,1-6H3/t27-,28-. The molecule has 0 aliphatic heterocycles. The van der Waals surface area contributed by atoms with Crippen molar-refractivity contribution in [3.8, 4) is 16.9 Å². The van der Waals surface area contributed by atoms with Crippen molar-refractivity contribution in [1.29, 1.82) is 0 Å². The number of fused-ring (bicyclic) bond motifs is 1. The van der Waals surface area contributed by atoms with E-state index < -0.39 is 5.60 Å². The van der Waals surface area contributed by atoms with Gasteiger partial charge in [0.05, 0.1) is 11.6 Å². The molecule has 238 valence electrons. The molecule has 0 radical (unpaired) electrons. The van der Waals surface area contributed by atoms with Gasteiger partial charge in [-0.15, -0.1) is 11.3 Å². The van der Waals surface area contributed by atoms with Gasteiger partial charge in [-0.2, -0.15) is 0 Å². The Morgan fingerprint density at radius 3 is 2.33 bits per heavy atom. The summed E-state index contributed by atoms with van der Waals surface area (Å²) >= 11 is 8.30. The molecule has 0 saturated heterocycles. The quantitative estimate of drug-likeness (QED) is 0.191. The highest BCUT2D eigenvalue weighted by molar-refractivity contribution is 7.21. The molecule has 1 fully saturated rings. The van der Waals surface area contributed by atoms with Gasteiger partial charge in [-0.3, -0.25) is 9.78 Å². The molecular weight excluding hydrogens is 606 g/mol.